The van der Waals surface area contributed by atoms with Crippen molar-refractivity contribution in [2.45, 2.75) is 39.3 Å². The van der Waals surface area contributed by atoms with Gasteiger partial charge in [-0.3, -0.25) is 4.79 Å². The van der Waals surface area contributed by atoms with Gasteiger partial charge in [0.2, 0.25) is 0 Å². The molecular formula is C16H23NO3. The molecule has 0 atom stereocenters. The van der Waals surface area contributed by atoms with E-state index in [1.807, 2.05) is 32.0 Å². The average Bonchev–Trinajstić information content (AvgIpc) is 3.27. The first-order chi connectivity index (χ1) is 9.51. The van der Waals surface area contributed by atoms with Gasteiger partial charge in [-0.1, -0.05) is 12.1 Å². The third kappa shape index (κ3) is 4.23. The highest BCUT2D eigenvalue weighted by atomic mass is 16.5. The van der Waals surface area contributed by atoms with E-state index in [2.05, 4.69) is 11.4 Å². The third-order valence-electron chi connectivity index (χ3n) is 3.41. The molecule has 1 aliphatic carbocycles. The lowest BCUT2D eigenvalue weighted by molar-refractivity contribution is -0.152. The normalized spacial score (nSPS) is 14.9. The van der Waals surface area contributed by atoms with E-state index in [1.54, 1.807) is 0 Å². The molecule has 110 valence electrons. The summed E-state index contributed by atoms with van der Waals surface area (Å²) in [5, 5.41) is 3.47. The molecule has 20 heavy (non-hydrogen) atoms. The molecule has 1 aromatic carbocycles. The van der Waals surface area contributed by atoms with Gasteiger partial charge in [0.25, 0.3) is 0 Å². The number of nitrogens with one attached hydrogen (secondary N) is 1. The molecule has 1 N–H and O–H groups in total. The quantitative estimate of drug-likeness (QED) is 0.778. The highest BCUT2D eigenvalue weighted by Gasteiger charge is 2.29. The lowest BCUT2D eigenvalue weighted by Gasteiger charge is -2.21. The van der Waals surface area contributed by atoms with Crippen molar-refractivity contribution in [3.05, 3.63) is 29.8 Å². The van der Waals surface area contributed by atoms with Crippen molar-refractivity contribution < 1.29 is 14.3 Å². The molecule has 4 nitrogen and oxygen atoms in total. The van der Waals surface area contributed by atoms with Crippen LogP contribution in [0.4, 0.5) is 0 Å². The molecule has 0 radical (unpaired) electrons. The molecule has 2 rings (SSSR count). The number of carbonyl (C=O) groups is 1. The van der Waals surface area contributed by atoms with Crippen molar-refractivity contribution in [1.82, 2.24) is 5.32 Å². The molecule has 1 aromatic rings. The van der Waals surface area contributed by atoms with E-state index >= 15 is 0 Å². The van der Waals surface area contributed by atoms with Crippen molar-refractivity contribution in [3.8, 4) is 5.75 Å². The largest absolute Gasteiger partial charge is 0.492 e. The predicted octanol–water partition coefficient (Wildman–Crippen LogP) is 2.52. The van der Waals surface area contributed by atoms with Gasteiger partial charge in [0.15, 0.2) is 0 Å². The van der Waals surface area contributed by atoms with Crippen LogP contribution in [-0.4, -0.2) is 25.7 Å². The van der Waals surface area contributed by atoms with E-state index in [-0.39, 0.29) is 5.97 Å². The Labute approximate surface area is 120 Å². The Morgan fingerprint density at radius 1 is 1.40 bits per heavy atom. The first-order valence-corrected chi connectivity index (χ1v) is 7.05. The third-order valence-corrected chi connectivity index (χ3v) is 3.41. The van der Waals surface area contributed by atoms with E-state index in [1.165, 1.54) is 25.5 Å². The number of hydrogen-bond donors (Lipinski definition) is 1. The highest BCUT2D eigenvalue weighted by Crippen LogP contribution is 2.22. The minimum Gasteiger partial charge on any atom is -0.492 e. The molecule has 1 saturated carbocycles. The summed E-state index contributed by atoms with van der Waals surface area (Å²) in [6.45, 7) is 4.80. The lowest BCUT2D eigenvalue weighted by atomic mass is 9.95. The first-order valence-electron chi connectivity index (χ1n) is 7.05. The fraction of sp³-hybridized carbons (Fsp3) is 0.562. The molecule has 1 fully saturated rings. The maximum Gasteiger partial charge on any atom is 0.314 e. The van der Waals surface area contributed by atoms with Crippen LogP contribution in [0.3, 0.4) is 0 Å². The minimum absolute atomic E-state index is 0.260. The average molecular weight is 277 g/mol. The second kappa shape index (κ2) is 6.27. The van der Waals surface area contributed by atoms with E-state index in [9.17, 15) is 4.79 Å². The maximum absolute atomic E-state index is 11.6. The van der Waals surface area contributed by atoms with Crippen LogP contribution in [-0.2, 0) is 16.1 Å². The summed E-state index contributed by atoms with van der Waals surface area (Å²) in [4.78, 5) is 11.6. The summed E-state index contributed by atoms with van der Waals surface area (Å²) in [5.41, 5.74) is 0.557. The van der Waals surface area contributed by atoms with Crippen molar-refractivity contribution in [1.29, 1.82) is 0 Å². The van der Waals surface area contributed by atoms with E-state index in [0.29, 0.717) is 12.6 Å². The first kappa shape index (κ1) is 14.9. The van der Waals surface area contributed by atoms with Crippen molar-refractivity contribution in [3.63, 3.8) is 0 Å². The predicted molar refractivity (Wildman–Crippen MR) is 77.6 cm³/mol. The van der Waals surface area contributed by atoms with Crippen LogP contribution in [0.1, 0.15) is 32.3 Å². The van der Waals surface area contributed by atoms with Gasteiger partial charge in [0, 0.05) is 12.6 Å². The number of ether oxygens (including phenoxy) is 2. The molecule has 4 heteroatoms. The smallest absolute Gasteiger partial charge is 0.314 e. The number of benzene rings is 1. The molecular weight excluding hydrogens is 254 g/mol. The van der Waals surface area contributed by atoms with Gasteiger partial charge < -0.3 is 14.8 Å². The summed E-state index contributed by atoms with van der Waals surface area (Å²) >= 11 is 0. The monoisotopic (exact) mass is 277 g/mol. The summed E-state index contributed by atoms with van der Waals surface area (Å²) < 4.78 is 10.5. The van der Waals surface area contributed by atoms with Gasteiger partial charge in [-0.25, -0.2) is 0 Å². The molecule has 0 spiro atoms. The van der Waals surface area contributed by atoms with Crippen molar-refractivity contribution in [2.24, 2.45) is 5.41 Å². The van der Waals surface area contributed by atoms with E-state index < -0.39 is 5.41 Å². The fourth-order valence-corrected chi connectivity index (χ4v) is 1.89. The van der Waals surface area contributed by atoms with Gasteiger partial charge >= 0.3 is 5.97 Å². The zero-order chi connectivity index (χ0) is 14.6. The number of carbonyl (C=O) groups excluding carboxylic acids is 1. The number of methoxy groups -OCH3 is 1. The van der Waals surface area contributed by atoms with Crippen LogP contribution in [0.25, 0.3) is 0 Å². The number of rotatable bonds is 7. The zero-order valence-electron chi connectivity index (χ0n) is 12.4. The summed E-state index contributed by atoms with van der Waals surface area (Å²) in [6, 6.07) is 8.67. The molecule has 0 unspecified atom stereocenters. The maximum atomic E-state index is 11.6. The van der Waals surface area contributed by atoms with Gasteiger partial charge in [-0.05, 0) is 44.4 Å². The van der Waals surface area contributed by atoms with Gasteiger partial charge in [0.1, 0.15) is 12.4 Å². The summed E-state index contributed by atoms with van der Waals surface area (Å²) in [7, 11) is 1.40. The Morgan fingerprint density at radius 3 is 2.80 bits per heavy atom. The molecule has 0 bridgehead atoms. The zero-order valence-corrected chi connectivity index (χ0v) is 12.4. The number of esters is 1. The Kier molecular flexibility index (Phi) is 4.65. The van der Waals surface area contributed by atoms with Crippen LogP contribution in [0, 0.1) is 5.41 Å². The second-order valence-electron chi connectivity index (χ2n) is 5.97. The lowest BCUT2D eigenvalue weighted by Crippen LogP contribution is -2.32. The Hall–Kier alpha value is -1.55. The SMILES string of the molecule is COC(=O)C(C)(C)COc1cccc(CNC2CC2)c1. The van der Waals surface area contributed by atoms with Crippen LogP contribution in [0.2, 0.25) is 0 Å². The van der Waals surface area contributed by atoms with Crippen molar-refractivity contribution in [2.75, 3.05) is 13.7 Å². The fourth-order valence-electron chi connectivity index (χ4n) is 1.89. The minimum atomic E-state index is -0.642. The van der Waals surface area contributed by atoms with Gasteiger partial charge in [0.05, 0.1) is 12.5 Å². The molecule has 0 saturated heterocycles. The van der Waals surface area contributed by atoms with Crippen LogP contribution < -0.4 is 10.1 Å². The van der Waals surface area contributed by atoms with Crippen LogP contribution in [0.5, 0.6) is 5.75 Å². The second-order valence-corrected chi connectivity index (χ2v) is 5.97. The summed E-state index contributed by atoms with van der Waals surface area (Å²) in [6.07, 6.45) is 2.56. The molecule has 0 heterocycles. The van der Waals surface area contributed by atoms with E-state index in [0.717, 1.165) is 12.3 Å². The summed E-state index contributed by atoms with van der Waals surface area (Å²) in [5.74, 6) is 0.529. The van der Waals surface area contributed by atoms with Crippen LogP contribution in [0.15, 0.2) is 24.3 Å². The van der Waals surface area contributed by atoms with Crippen LogP contribution >= 0.6 is 0 Å². The Bertz CT molecular complexity index is 467. The molecule has 0 aromatic heterocycles. The van der Waals surface area contributed by atoms with Gasteiger partial charge in [-0.15, -0.1) is 0 Å². The van der Waals surface area contributed by atoms with E-state index in [4.69, 9.17) is 9.47 Å². The molecule has 0 aliphatic heterocycles. The Balaban J connectivity index is 1.88. The molecule has 1 aliphatic rings. The standard InChI is InChI=1S/C16H23NO3/c1-16(2,15(18)19-3)11-20-14-6-4-5-12(9-14)10-17-13-7-8-13/h4-6,9,13,17H,7-8,10-11H2,1-3H3. The van der Waals surface area contributed by atoms with Gasteiger partial charge in [-0.2, -0.15) is 0 Å². The highest BCUT2D eigenvalue weighted by molar-refractivity contribution is 5.75. The Morgan fingerprint density at radius 2 is 2.15 bits per heavy atom. The van der Waals surface area contributed by atoms with Crippen molar-refractivity contribution >= 4 is 5.97 Å². The molecule has 0 amide bonds. The number of hydrogen-bond acceptors (Lipinski definition) is 4. The topological polar surface area (TPSA) is 47.6 Å².